The molecule has 0 radical (unpaired) electrons. The number of hydrogen-bond acceptors (Lipinski definition) is 2. The van der Waals surface area contributed by atoms with E-state index >= 15 is 0 Å². The molecule has 3 heteroatoms. The third-order valence-corrected chi connectivity index (χ3v) is 3.18. The van der Waals surface area contributed by atoms with Crippen LogP contribution in [0.2, 0.25) is 0 Å². The Hall–Kier alpha value is -1.51. The summed E-state index contributed by atoms with van der Waals surface area (Å²) in [5.74, 6) is 0.806. The van der Waals surface area contributed by atoms with E-state index in [-0.39, 0.29) is 6.04 Å². The third kappa shape index (κ3) is 3.77. The quantitative estimate of drug-likeness (QED) is 0.347. The Bertz CT molecular complexity index is 356. The first-order chi connectivity index (χ1) is 8.36. The molecule has 92 valence electrons. The molecule has 0 aliphatic heterocycles. The van der Waals surface area contributed by atoms with Crippen LogP contribution >= 0.6 is 0 Å². The second-order valence-corrected chi connectivity index (χ2v) is 4.46. The molecule has 0 N–H and O–H groups in total. The highest BCUT2D eigenvalue weighted by Crippen LogP contribution is 2.19. The Balaban J connectivity index is 1.79. The summed E-state index contributed by atoms with van der Waals surface area (Å²) in [5.41, 5.74) is 0. The standard InChI is InChI=1S/C14H19NO2/c16-15(13-7-3-1-4-8-13)11-12-17-14-9-5-2-6-10-14/h2,5-6,9-11,13H,1,3-4,7-8,12H2. The Kier molecular flexibility index (Phi) is 4.42. The fraction of sp³-hybridized carbons (Fsp3) is 0.500. The van der Waals surface area contributed by atoms with Gasteiger partial charge in [0.2, 0.25) is 0 Å². The van der Waals surface area contributed by atoms with Gasteiger partial charge in [0.05, 0.1) is 0 Å². The highest BCUT2D eigenvalue weighted by molar-refractivity contribution is 5.53. The van der Waals surface area contributed by atoms with Crippen LogP contribution in [0.3, 0.4) is 0 Å². The van der Waals surface area contributed by atoms with Crippen molar-refractivity contribution in [3.63, 3.8) is 0 Å². The number of para-hydroxylation sites is 1. The Labute approximate surface area is 102 Å². The summed E-state index contributed by atoms with van der Waals surface area (Å²) >= 11 is 0. The van der Waals surface area contributed by atoms with Gasteiger partial charge in [-0.3, -0.25) is 0 Å². The maximum atomic E-state index is 11.8. The molecule has 0 spiro atoms. The summed E-state index contributed by atoms with van der Waals surface area (Å²) in [6.07, 6.45) is 7.28. The molecule has 0 aromatic heterocycles. The fourth-order valence-corrected chi connectivity index (χ4v) is 2.21. The molecule has 3 nitrogen and oxygen atoms in total. The molecule has 0 bridgehead atoms. The van der Waals surface area contributed by atoms with E-state index < -0.39 is 0 Å². The van der Waals surface area contributed by atoms with Crippen LogP contribution < -0.4 is 4.74 Å². The Morgan fingerprint density at radius 2 is 1.88 bits per heavy atom. The number of benzene rings is 1. The second kappa shape index (κ2) is 6.28. The molecule has 1 aromatic carbocycles. The minimum absolute atomic E-state index is 0.170. The summed E-state index contributed by atoms with van der Waals surface area (Å²) in [6.45, 7) is 0.351. The summed E-state index contributed by atoms with van der Waals surface area (Å²) < 4.78 is 6.56. The normalized spacial score (nSPS) is 18.0. The zero-order chi connectivity index (χ0) is 11.9. The maximum absolute atomic E-state index is 11.8. The van der Waals surface area contributed by atoms with Gasteiger partial charge in [-0.05, 0) is 25.0 Å². The smallest absolute Gasteiger partial charge is 0.188 e. The highest BCUT2D eigenvalue weighted by Gasteiger charge is 2.19. The van der Waals surface area contributed by atoms with Crippen LogP contribution in [-0.4, -0.2) is 23.6 Å². The van der Waals surface area contributed by atoms with Crippen molar-refractivity contribution in [3.8, 4) is 5.75 Å². The molecule has 1 saturated carbocycles. The number of nitrogens with zero attached hydrogens (tertiary/aromatic N) is 1. The average Bonchev–Trinajstić information content (AvgIpc) is 2.41. The Morgan fingerprint density at radius 3 is 2.59 bits per heavy atom. The van der Waals surface area contributed by atoms with Crippen molar-refractivity contribution in [3.05, 3.63) is 35.5 Å². The predicted octanol–water partition coefficient (Wildman–Crippen LogP) is 2.98. The van der Waals surface area contributed by atoms with E-state index in [2.05, 4.69) is 0 Å². The largest absolute Gasteiger partial charge is 0.624 e. The van der Waals surface area contributed by atoms with Gasteiger partial charge in [-0.15, -0.1) is 0 Å². The number of hydroxylamine groups is 1. The molecule has 0 heterocycles. The van der Waals surface area contributed by atoms with E-state index in [1.807, 2.05) is 30.3 Å². The van der Waals surface area contributed by atoms with Crippen molar-refractivity contribution >= 4 is 6.21 Å². The predicted molar refractivity (Wildman–Crippen MR) is 68.5 cm³/mol. The third-order valence-electron chi connectivity index (χ3n) is 3.18. The lowest BCUT2D eigenvalue weighted by Gasteiger charge is -2.20. The number of rotatable bonds is 4. The minimum atomic E-state index is 0.170. The van der Waals surface area contributed by atoms with Crippen LogP contribution in [0.5, 0.6) is 5.75 Å². The summed E-state index contributed by atoms with van der Waals surface area (Å²) in [6, 6.07) is 9.74. The van der Waals surface area contributed by atoms with Gasteiger partial charge in [0.25, 0.3) is 0 Å². The van der Waals surface area contributed by atoms with Crippen LogP contribution in [-0.2, 0) is 0 Å². The van der Waals surface area contributed by atoms with Crippen LogP contribution in [0, 0.1) is 5.21 Å². The Morgan fingerprint density at radius 1 is 1.18 bits per heavy atom. The van der Waals surface area contributed by atoms with Gasteiger partial charge in [-0.25, -0.2) is 4.74 Å². The van der Waals surface area contributed by atoms with Crippen LogP contribution in [0.4, 0.5) is 0 Å². The lowest BCUT2D eigenvalue weighted by atomic mass is 9.96. The van der Waals surface area contributed by atoms with Gasteiger partial charge in [-0.2, -0.15) is 0 Å². The van der Waals surface area contributed by atoms with Crippen LogP contribution in [0.25, 0.3) is 0 Å². The molecular weight excluding hydrogens is 214 g/mol. The van der Waals surface area contributed by atoms with Gasteiger partial charge >= 0.3 is 0 Å². The molecule has 1 aliphatic rings. The van der Waals surface area contributed by atoms with Crippen molar-refractivity contribution < 1.29 is 9.48 Å². The van der Waals surface area contributed by atoms with Gasteiger partial charge in [0.15, 0.2) is 18.9 Å². The molecule has 0 atom stereocenters. The fourth-order valence-electron chi connectivity index (χ4n) is 2.21. The first-order valence-corrected chi connectivity index (χ1v) is 6.33. The molecule has 2 rings (SSSR count). The number of hydrogen-bond donors (Lipinski definition) is 0. The van der Waals surface area contributed by atoms with Gasteiger partial charge in [-0.1, -0.05) is 24.6 Å². The second-order valence-electron chi connectivity index (χ2n) is 4.46. The van der Waals surface area contributed by atoms with E-state index in [0.29, 0.717) is 6.61 Å². The molecule has 0 unspecified atom stereocenters. The molecular formula is C14H19NO2. The SMILES string of the molecule is [O-][N+](=CCOc1ccccc1)C1CCCCC1. The van der Waals surface area contributed by atoms with Crippen molar-refractivity contribution in [2.75, 3.05) is 6.61 Å². The number of ether oxygens (including phenoxy) is 1. The monoisotopic (exact) mass is 233 g/mol. The van der Waals surface area contributed by atoms with E-state index in [1.54, 1.807) is 6.21 Å². The topological polar surface area (TPSA) is 35.3 Å². The molecule has 1 aliphatic carbocycles. The van der Waals surface area contributed by atoms with Gasteiger partial charge < -0.3 is 9.94 Å². The van der Waals surface area contributed by atoms with Crippen LogP contribution in [0.15, 0.2) is 30.3 Å². The highest BCUT2D eigenvalue weighted by atomic mass is 16.5. The van der Waals surface area contributed by atoms with Gasteiger partial charge in [0, 0.05) is 12.8 Å². The lowest BCUT2D eigenvalue weighted by molar-refractivity contribution is -0.502. The maximum Gasteiger partial charge on any atom is 0.188 e. The zero-order valence-corrected chi connectivity index (χ0v) is 10.0. The first kappa shape index (κ1) is 12.0. The van der Waals surface area contributed by atoms with E-state index in [4.69, 9.17) is 4.74 Å². The van der Waals surface area contributed by atoms with Crippen molar-refractivity contribution in [1.82, 2.24) is 0 Å². The van der Waals surface area contributed by atoms with Crippen molar-refractivity contribution in [2.24, 2.45) is 0 Å². The summed E-state index contributed by atoms with van der Waals surface area (Å²) in [7, 11) is 0. The summed E-state index contributed by atoms with van der Waals surface area (Å²) in [4.78, 5) is 0. The van der Waals surface area contributed by atoms with Crippen molar-refractivity contribution in [1.29, 1.82) is 0 Å². The lowest BCUT2D eigenvalue weighted by Crippen LogP contribution is -2.26. The molecule has 0 amide bonds. The van der Waals surface area contributed by atoms with Crippen LogP contribution in [0.1, 0.15) is 32.1 Å². The van der Waals surface area contributed by atoms with Gasteiger partial charge in [0.1, 0.15) is 5.75 Å². The average molecular weight is 233 g/mol. The molecule has 1 fully saturated rings. The molecule has 1 aromatic rings. The minimum Gasteiger partial charge on any atom is -0.624 e. The zero-order valence-electron chi connectivity index (χ0n) is 10.0. The van der Waals surface area contributed by atoms with E-state index in [9.17, 15) is 5.21 Å². The first-order valence-electron chi connectivity index (χ1n) is 6.33. The van der Waals surface area contributed by atoms with E-state index in [0.717, 1.165) is 23.3 Å². The molecule has 17 heavy (non-hydrogen) atoms. The molecule has 0 saturated heterocycles. The summed E-state index contributed by atoms with van der Waals surface area (Å²) in [5, 5.41) is 11.8. The van der Waals surface area contributed by atoms with Crippen molar-refractivity contribution in [2.45, 2.75) is 38.1 Å². The van der Waals surface area contributed by atoms with E-state index in [1.165, 1.54) is 19.3 Å².